The standard InChI is InChI=1S/C44H39N5/c1-5-25-27(7-3)43-44-28(8-4)26(6-2)36(49-44)22-38-30-16-10-12-18-32(30)40(46-38)24-42-34-20-14-13-19-33(34)41(47-42)23-39-31-17-11-9-15-29(31)37(45-39)21-35(25)48-43/h9-24,47-49H,5-8H2,1-4H3. The first kappa shape index (κ1) is 29.5. The summed E-state index contributed by atoms with van der Waals surface area (Å²) in [5.41, 5.74) is 20.7. The summed E-state index contributed by atoms with van der Waals surface area (Å²) < 4.78 is 0. The zero-order valence-corrected chi connectivity index (χ0v) is 28.5. The predicted molar refractivity (Wildman–Crippen MR) is 206 cm³/mol. The van der Waals surface area contributed by atoms with Crippen LogP contribution in [0.25, 0.3) is 88.9 Å². The molecule has 240 valence electrons. The smallest absolute Gasteiger partial charge is 0.0737 e. The minimum absolute atomic E-state index is 0.935. The van der Waals surface area contributed by atoms with Crippen molar-refractivity contribution in [2.45, 2.75) is 53.4 Å². The van der Waals surface area contributed by atoms with Gasteiger partial charge in [0.25, 0.3) is 0 Å². The van der Waals surface area contributed by atoms with E-state index in [4.69, 9.17) is 9.97 Å². The zero-order chi connectivity index (χ0) is 33.2. The summed E-state index contributed by atoms with van der Waals surface area (Å²) >= 11 is 0. The van der Waals surface area contributed by atoms with Crippen molar-refractivity contribution in [1.82, 2.24) is 24.9 Å². The molecule has 3 N–H and O–H groups in total. The van der Waals surface area contributed by atoms with Crippen molar-refractivity contribution in [3.63, 3.8) is 0 Å². The third-order valence-corrected chi connectivity index (χ3v) is 10.5. The van der Waals surface area contributed by atoms with Crippen molar-refractivity contribution in [2.24, 2.45) is 0 Å². The molecule has 2 aliphatic rings. The van der Waals surface area contributed by atoms with Crippen LogP contribution in [0, 0.1) is 0 Å². The van der Waals surface area contributed by atoms with Gasteiger partial charge in [-0.25, -0.2) is 9.97 Å². The summed E-state index contributed by atoms with van der Waals surface area (Å²) in [7, 11) is 0. The first-order valence-corrected chi connectivity index (χ1v) is 17.7. The normalized spacial score (nSPS) is 12.0. The number of aryl methyl sites for hydroxylation is 4. The molecule has 10 bridgehead atoms. The largest absolute Gasteiger partial charge is 0.354 e. The highest BCUT2D eigenvalue weighted by atomic mass is 14.8. The Morgan fingerprint density at radius 1 is 0.388 bits per heavy atom. The van der Waals surface area contributed by atoms with Crippen molar-refractivity contribution in [3.05, 3.63) is 119 Å². The molecule has 9 rings (SSSR count). The molecule has 0 amide bonds. The lowest BCUT2D eigenvalue weighted by Gasteiger charge is -2.01. The van der Waals surface area contributed by atoms with Crippen molar-refractivity contribution in [2.75, 3.05) is 0 Å². The van der Waals surface area contributed by atoms with E-state index in [0.29, 0.717) is 0 Å². The van der Waals surface area contributed by atoms with Gasteiger partial charge in [-0.1, -0.05) is 100 Å². The van der Waals surface area contributed by atoms with Crippen LogP contribution in [0.15, 0.2) is 97.1 Å². The van der Waals surface area contributed by atoms with Crippen LogP contribution in [0.1, 0.15) is 49.9 Å². The third-order valence-electron chi connectivity index (χ3n) is 10.5. The Bertz CT molecular complexity index is 2480. The van der Waals surface area contributed by atoms with Gasteiger partial charge < -0.3 is 15.0 Å². The van der Waals surface area contributed by atoms with Crippen molar-refractivity contribution >= 4 is 43.9 Å². The highest BCUT2D eigenvalue weighted by Crippen LogP contribution is 2.40. The number of benzene rings is 3. The number of hydrogen-bond donors (Lipinski definition) is 3. The highest BCUT2D eigenvalue weighted by Gasteiger charge is 2.21. The Morgan fingerprint density at radius 2 is 0.714 bits per heavy atom. The van der Waals surface area contributed by atoms with E-state index in [-0.39, 0.29) is 0 Å². The van der Waals surface area contributed by atoms with Gasteiger partial charge in [0.2, 0.25) is 0 Å². The minimum Gasteiger partial charge on any atom is -0.354 e. The van der Waals surface area contributed by atoms with Crippen LogP contribution in [-0.4, -0.2) is 24.9 Å². The van der Waals surface area contributed by atoms with Crippen molar-refractivity contribution < 1.29 is 0 Å². The van der Waals surface area contributed by atoms with E-state index in [9.17, 15) is 0 Å². The molecule has 0 atom stereocenters. The van der Waals surface area contributed by atoms with E-state index in [1.807, 2.05) is 0 Å². The molecule has 4 aromatic heterocycles. The van der Waals surface area contributed by atoms with Crippen LogP contribution in [0.2, 0.25) is 0 Å². The summed E-state index contributed by atoms with van der Waals surface area (Å²) in [6.45, 7) is 9.07. The highest BCUT2D eigenvalue weighted by molar-refractivity contribution is 6.08. The van der Waals surface area contributed by atoms with Crippen LogP contribution >= 0.6 is 0 Å². The zero-order valence-electron chi connectivity index (χ0n) is 28.5. The molecule has 3 aromatic carbocycles. The molecule has 0 aliphatic carbocycles. The van der Waals surface area contributed by atoms with Crippen LogP contribution in [-0.2, 0) is 25.7 Å². The lowest BCUT2D eigenvalue weighted by atomic mass is 10.0. The number of aromatic amines is 3. The van der Waals surface area contributed by atoms with Crippen LogP contribution in [0.5, 0.6) is 0 Å². The fourth-order valence-corrected chi connectivity index (χ4v) is 8.27. The molecule has 0 unspecified atom stereocenters. The molecule has 0 radical (unpaired) electrons. The summed E-state index contributed by atoms with van der Waals surface area (Å²) in [6.07, 6.45) is 3.75. The van der Waals surface area contributed by atoms with Crippen LogP contribution in [0.3, 0.4) is 0 Å². The summed E-state index contributed by atoms with van der Waals surface area (Å²) in [5.74, 6) is 0. The molecule has 0 spiro atoms. The number of fused-ring (bicyclic) bond motifs is 20. The second-order valence-corrected chi connectivity index (χ2v) is 13.1. The first-order chi connectivity index (χ1) is 24.1. The maximum atomic E-state index is 5.31. The predicted octanol–water partition coefficient (Wildman–Crippen LogP) is 11.4. The van der Waals surface area contributed by atoms with Gasteiger partial charge in [-0.15, -0.1) is 0 Å². The fraction of sp³-hybridized carbons (Fsp3) is 0.182. The number of hydrogen-bond acceptors (Lipinski definition) is 2. The molecule has 5 heteroatoms. The molecular weight excluding hydrogens is 599 g/mol. The minimum atomic E-state index is 0.935. The van der Waals surface area contributed by atoms with E-state index >= 15 is 0 Å². The Kier molecular flexibility index (Phi) is 6.90. The average Bonchev–Trinajstić information content (AvgIpc) is 3.93. The molecule has 2 aliphatic heterocycles. The van der Waals surface area contributed by atoms with Gasteiger partial charge in [0.05, 0.1) is 33.8 Å². The number of H-pyrrole nitrogens is 3. The van der Waals surface area contributed by atoms with Crippen molar-refractivity contribution in [1.29, 1.82) is 0 Å². The number of nitrogens with zero attached hydrogens (tertiary/aromatic N) is 2. The molecule has 49 heavy (non-hydrogen) atoms. The molecule has 7 aromatic rings. The van der Waals surface area contributed by atoms with Gasteiger partial charge in [0, 0.05) is 55.1 Å². The lowest BCUT2D eigenvalue weighted by Crippen LogP contribution is -1.88. The first-order valence-electron chi connectivity index (χ1n) is 17.7. The van der Waals surface area contributed by atoms with Gasteiger partial charge in [-0.05, 0) is 72.2 Å². The summed E-state index contributed by atoms with van der Waals surface area (Å²) in [5, 5.41) is 2.33. The second-order valence-electron chi connectivity index (χ2n) is 13.1. The van der Waals surface area contributed by atoms with E-state index < -0.39 is 0 Å². The molecular formula is C44H39N5. The maximum Gasteiger partial charge on any atom is 0.0737 e. The lowest BCUT2D eigenvalue weighted by molar-refractivity contribution is 1.07. The summed E-state index contributed by atoms with van der Waals surface area (Å²) in [6, 6.07) is 34.8. The van der Waals surface area contributed by atoms with Gasteiger partial charge in [-0.3, -0.25) is 0 Å². The number of nitrogens with one attached hydrogen (secondary N) is 3. The topological polar surface area (TPSA) is 73.2 Å². The van der Waals surface area contributed by atoms with Gasteiger partial charge in [-0.2, -0.15) is 0 Å². The molecule has 0 saturated carbocycles. The van der Waals surface area contributed by atoms with Crippen LogP contribution in [0.4, 0.5) is 0 Å². The Morgan fingerprint density at radius 3 is 1.06 bits per heavy atom. The number of aromatic nitrogens is 5. The van der Waals surface area contributed by atoms with E-state index in [0.717, 1.165) is 104 Å². The quantitative estimate of drug-likeness (QED) is 0.180. The van der Waals surface area contributed by atoms with Gasteiger partial charge in [0.15, 0.2) is 0 Å². The van der Waals surface area contributed by atoms with E-state index in [1.165, 1.54) is 33.3 Å². The number of rotatable bonds is 4. The van der Waals surface area contributed by atoms with Gasteiger partial charge in [0.1, 0.15) is 0 Å². The SMILES string of the molecule is CCc1c(CC)c2[nH]c1cc1nc(cc3[nH]c(cc4nc(cc5[nH]c2c(CC)c5CC)-c2ccccc2-4)c2ccccc32)-c2ccccc2-1. The monoisotopic (exact) mass is 637 g/mol. The molecule has 0 saturated heterocycles. The Hall–Kier alpha value is -5.68. The molecule has 5 nitrogen and oxygen atoms in total. The van der Waals surface area contributed by atoms with E-state index in [1.54, 1.807) is 0 Å². The Balaban J connectivity index is 1.51. The fourth-order valence-electron chi connectivity index (χ4n) is 8.27. The summed E-state index contributed by atoms with van der Waals surface area (Å²) in [4.78, 5) is 22.3. The molecule has 0 fully saturated rings. The second kappa shape index (κ2) is 11.5. The maximum absolute atomic E-state index is 5.31. The third kappa shape index (κ3) is 4.52. The van der Waals surface area contributed by atoms with Gasteiger partial charge >= 0.3 is 0 Å². The average molecular weight is 638 g/mol. The van der Waals surface area contributed by atoms with Crippen LogP contribution < -0.4 is 0 Å². The molecule has 6 heterocycles. The Labute approximate surface area is 285 Å². The van der Waals surface area contributed by atoms with Crippen molar-refractivity contribution in [3.8, 4) is 45.0 Å². The van der Waals surface area contributed by atoms with E-state index in [2.05, 4.69) is 140 Å².